The van der Waals surface area contributed by atoms with Gasteiger partial charge < -0.3 is 10.2 Å². The van der Waals surface area contributed by atoms with Crippen molar-refractivity contribution in [2.24, 2.45) is 0 Å². The van der Waals surface area contributed by atoms with Crippen molar-refractivity contribution in [3.63, 3.8) is 0 Å². The van der Waals surface area contributed by atoms with Crippen LogP contribution in [0.25, 0.3) is 0 Å². The molecule has 0 bridgehead atoms. The van der Waals surface area contributed by atoms with Gasteiger partial charge in [0.15, 0.2) is 5.82 Å². The van der Waals surface area contributed by atoms with Gasteiger partial charge in [0.25, 0.3) is 0 Å². The summed E-state index contributed by atoms with van der Waals surface area (Å²) in [5, 5.41) is 11.3. The van der Waals surface area contributed by atoms with E-state index < -0.39 is 0 Å². The second-order valence-corrected chi connectivity index (χ2v) is 5.74. The summed E-state index contributed by atoms with van der Waals surface area (Å²) >= 11 is 3.45. The number of rotatable bonds is 3. The maximum atomic E-state index is 4.55. The van der Waals surface area contributed by atoms with Gasteiger partial charge in [0, 0.05) is 23.2 Å². The summed E-state index contributed by atoms with van der Waals surface area (Å²) in [6.45, 7) is 2.10. The van der Waals surface area contributed by atoms with E-state index >= 15 is 0 Å². The monoisotopic (exact) mass is 333 g/mol. The highest BCUT2D eigenvalue weighted by molar-refractivity contribution is 9.10. The minimum absolute atomic E-state index is 0.533. The molecule has 2 aromatic rings. The zero-order valence-corrected chi connectivity index (χ0v) is 12.7. The second kappa shape index (κ2) is 6.17. The van der Waals surface area contributed by atoms with Gasteiger partial charge in [-0.05, 0) is 37.5 Å². The number of benzene rings is 1. The summed E-state index contributed by atoms with van der Waals surface area (Å²) < 4.78 is 1.02. The number of hydrogen-bond donors (Lipinski definition) is 1. The minimum atomic E-state index is 0.533. The van der Waals surface area contributed by atoms with E-state index in [2.05, 4.69) is 41.3 Å². The molecule has 1 N–H and O–H groups in total. The lowest BCUT2D eigenvalue weighted by molar-refractivity contribution is 0.572. The van der Waals surface area contributed by atoms with E-state index in [1.165, 1.54) is 19.3 Å². The number of hydrogen-bond acceptors (Lipinski definition) is 5. The fourth-order valence-corrected chi connectivity index (χ4v) is 2.72. The molecule has 20 heavy (non-hydrogen) atoms. The first-order valence-electron chi connectivity index (χ1n) is 6.78. The van der Waals surface area contributed by atoms with Gasteiger partial charge in [-0.15, -0.1) is 5.10 Å². The standard InChI is InChI=1S/C14H16BrN5/c15-11-5-4-6-12(9-11)17-14-18-13(10-16-19-14)20-7-2-1-3-8-20/h4-6,9-10H,1-3,7-8H2,(H,17,18,19). The highest BCUT2D eigenvalue weighted by Gasteiger charge is 2.13. The number of aromatic nitrogens is 3. The van der Waals surface area contributed by atoms with E-state index in [0.717, 1.165) is 29.1 Å². The SMILES string of the molecule is Brc1cccc(Nc2nncc(N3CCCCC3)n2)c1. The molecule has 1 saturated heterocycles. The van der Waals surface area contributed by atoms with Crippen LogP contribution in [0, 0.1) is 0 Å². The summed E-state index contributed by atoms with van der Waals surface area (Å²) in [5.74, 6) is 1.43. The zero-order chi connectivity index (χ0) is 13.8. The van der Waals surface area contributed by atoms with Gasteiger partial charge in [-0.2, -0.15) is 10.1 Å². The quantitative estimate of drug-likeness (QED) is 0.933. The lowest BCUT2D eigenvalue weighted by atomic mass is 10.1. The summed E-state index contributed by atoms with van der Waals surface area (Å²) in [6, 6.07) is 7.90. The van der Waals surface area contributed by atoms with Gasteiger partial charge >= 0.3 is 0 Å². The molecule has 0 amide bonds. The third-order valence-corrected chi connectivity index (χ3v) is 3.80. The first-order chi connectivity index (χ1) is 9.81. The third-order valence-electron chi connectivity index (χ3n) is 3.31. The van der Waals surface area contributed by atoms with Gasteiger partial charge in [0.2, 0.25) is 5.95 Å². The first-order valence-corrected chi connectivity index (χ1v) is 7.58. The maximum Gasteiger partial charge on any atom is 0.249 e. The molecule has 6 heteroatoms. The molecule has 3 rings (SSSR count). The lowest BCUT2D eigenvalue weighted by Crippen LogP contribution is -2.30. The van der Waals surface area contributed by atoms with E-state index in [0.29, 0.717) is 5.95 Å². The van der Waals surface area contributed by atoms with E-state index in [4.69, 9.17) is 0 Å². The molecule has 1 aromatic carbocycles. The van der Waals surface area contributed by atoms with Crippen LogP contribution in [-0.2, 0) is 0 Å². The van der Waals surface area contributed by atoms with Crippen LogP contribution in [-0.4, -0.2) is 28.3 Å². The molecule has 0 atom stereocenters. The molecule has 1 aliphatic heterocycles. The summed E-state index contributed by atoms with van der Waals surface area (Å²) in [6.07, 6.45) is 5.48. The van der Waals surface area contributed by atoms with Crippen LogP contribution in [0.15, 0.2) is 34.9 Å². The minimum Gasteiger partial charge on any atom is -0.355 e. The molecular weight excluding hydrogens is 318 g/mol. The number of piperidine rings is 1. The smallest absolute Gasteiger partial charge is 0.249 e. The fraction of sp³-hybridized carbons (Fsp3) is 0.357. The zero-order valence-electron chi connectivity index (χ0n) is 11.1. The normalized spacial score (nSPS) is 15.2. The highest BCUT2D eigenvalue weighted by Crippen LogP contribution is 2.20. The number of nitrogens with one attached hydrogen (secondary N) is 1. The Morgan fingerprint density at radius 2 is 2.00 bits per heavy atom. The molecule has 0 saturated carbocycles. The Hall–Kier alpha value is -1.69. The molecule has 0 spiro atoms. The average molecular weight is 334 g/mol. The van der Waals surface area contributed by atoms with E-state index in [9.17, 15) is 0 Å². The number of halogens is 1. The van der Waals surface area contributed by atoms with E-state index in [1.54, 1.807) is 6.20 Å². The van der Waals surface area contributed by atoms with Gasteiger partial charge in [-0.1, -0.05) is 22.0 Å². The van der Waals surface area contributed by atoms with Crippen molar-refractivity contribution in [1.82, 2.24) is 15.2 Å². The summed E-state index contributed by atoms with van der Waals surface area (Å²) in [7, 11) is 0. The van der Waals surface area contributed by atoms with Gasteiger partial charge in [0.05, 0.1) is 6.20 Å². The molecule has 1 aliphatic rings. The van der Waals surface area contributed by atoms with Crippen molar-refractivity contribution in [3.8, 4) is 0 Å². The van der Waals surface area contributed by atoms with Crippen LogP contribution in [0.2, 0.25) is 0 Å². The predicted molar refractivity (Wildman–Crippen MR) is 83.3 cm³/mol. The van der Waals surface area contributed by atoms with E-state index in [1.807, 2.05) is 24.3 Å². The molecular formula is C14H16BrN5. The molecule has 0 unspecified atom stereocenters. The fourth-order valence-electron chi connectivity index (χ4n) is 2.32. The molecule has 0 radical (unpaired) electrons. The summed E-state index contributed by atoms with van der Waals surface area (Å²) in [5.41, 5.74) is 0.942. The Kier molecular flexibility index (Phi) is 4.11. The van der Waals surface area contributed by atoms with Gasteiger partial charge in [-0.25, -0.2) is 0 Å². The third kappa shape index (κ3) is 3.25. The van der Waals surface area contributed by atoms with Crippen LogP contribution < -0.4 is 10.2 Å². The Balaban J connectivity index is 1.77. The number of nitrogens with zero attached hydrogens (tertiary/aromatic N) is 4. The van der Waals surface area contributed by atoms with Crippen molar-refractivity contribution in [2.45, 2.75) is 19.3 Å². The molecule has 1 aromatic heterocycles. The molecule has 2 heterocycles. The Bertz CT molecular complexity index is 583. The van der Waals surface area contributed by atoms with Crippen molar-refractivity contribution in [1.29, 1.82) is 0 Å². The van der Waals surface area contributed by atoms with Crippen molar-refractivity contribution < 1.29 is 0 Å². The number of anilines is 3. The first kappa shape index (κ1) is 13.3. The second-order valence-electron chi connectivity index (χ2n) is 4.82. The largest absolute Gasteiger partial charge is 0.355 e. The van der Waals surface area contributed by atoms with Crippen LogP contribution in [0.4, 0.5) is 17.5 Å². The Labute approximate surface area is 126 Å². The van der Waals surface area contributed by atoms with E-state index in [-0.39, 0.29) is 0 Å². The van der Waals surface area contributed by atoms with Crippen molar-refractivity contribution in [3.05, 3.63) is 34.9 Å². The topological polar surface area (TPSA) is 53.9 Å². The van der Waals surface area contributed by atoms with Crippen molar-refractivity contribution >= 4 is 33.4 Å². The molecule has 1 fully saturated rings. The highest BCUT2D eigenvalue weighted by atomic mass is 79.9. The Morgan fingerprint density at radius 1 is 1.15 bits per heavy atom. The van der Waals surface area contributed by atoms with Crippen LogP contribution in [0.5, 0.6) is 0 Å². The predicted octanol–water partition coefficient (Wildman–Crippen LogP) is 3.37. The molecule has 5 nitrogen and oxygen atoms in total. The van der Waals surface area contributed by atoms with Gasteiger partial charge in [0.1, 0.15) is 0 Å². The van der Waals surface area contributed by atoms with Crippen LogP contribution in [0.1, 0.15) is 19.3 Å². The lowest BCUT2D eigenvalue weighted by Gasteiger charge is -2.27. The maximum absolute atomic E-state index is 4.55. The van der Waals surface area contributed by atoms with Crippen LogP contribution in [0.3, 0.4) is 0 Å². The van der Waals surface area contributed by atoms with Crippen molar-refractivity contribution in [2.75, 3.05) is 23.3 Å². The molecule has 104 valence electrons. The average Bonchev–Trinajstić information content (AvgIpc) is 2.48. The molecule has 0 aliphatic carbocycles. The van der Waals surface area contributed by atoms with Gasteiger partial charge in [-0.3, -0.25) is 0 Å². The summed E-state index contributed by atoms with van der Waals surface area (Å²) in [4.78, 5) is 6.82. The Morgan fingerprint density at radius 3 is 2.80 bits per heavy atom. The van der Waals surface area contributed by atoms with Crippen LogP contribution >= 0.6 is 15.9 Å².